The van der Waals surface area contributed by atoms with Crippen LogP contribution < -0.4 is 9.06 Å². The number of thiophene rings is 1. The van der Waals surface area contributed by atoms with Crippen molar-refractivity contribution in [3.8, 4) is 0 Å². The van der Waals surface area contributed by atoms with Crippen LogP contribution in [-0.2, 0) is 5.60 Å². The molecule has 4 nitrogen and oxygen atoms in total. The Kier molecular flexibility index (Phi) is 7.88. The molecule has 8 bridgehead atoms. The predicted molar refractivity (Wildman–Crippen MR) is 213 cm³/mol. The summed E-state index contributed by atoms with van der Waals surface area (Å²) in [5.74, 6) is 0. The number of benzene rings is 4. The normalized spacial score (nSPS) is 18.1. The predicted octanol–water partition coefficient (Wildman–Crippen LogP) is 8.60. The molecule has 1 atom stereocenters. The number of aliphatic imine (C=N–C) groups is 1. The monoisotopic (exact) mass is 689 g/mol. The lowest BCUT2D eigenvalue weighted by atomic mass is 9.83. The molecular weight excluding hydrogens is 655 g/mol. The van der Waals surface area contributed by atoms with Crippen molar-refractivity contribution in [2.45, 2.75) is 19.4 Å². The summed E-state index contributed by atoms with van der Waals surface area (Å²) in [6, 6.07) is 48.1. The molecule has 3 aromatic heterocycles. The van der Waals surface area contributed by atoms with E-state index in [4.69, 9.17) is 9.98 Å². The van der Waals surface area contributed by atoms with Crippen LogP contribution in [0.3, 0.4) is 0 Å². The van der Waals surface area contributed by atoms with Crippen molar-refractivity contribution < 1.29 is 5.11 Å². The zero-order chi connectivity index (χ0) is 35.2. The SMILES string of the molecule is Cc1ccc(C2=c3ccc(s3)=C(c3ccc(C)cc3)c3ccc([nH]3)C(O)(c3ccccc3)c3cncc(c3)/C(c3ccccc3)=C3/C=CC2=N3)cc1. The van der Waals surface area contributed by atoms with Crippen LogP contribution in [0.2, 0.25) is 0 Å². The average Bonchev–Trinajstić information content (AvgIpc) is 3.97. The summed E-state index contributed by atoms with van der Waals surface area (Å²) in [7, 11) is 0. The Balaban J connectivity index is 1.43. The zero-order valence-corrected chi connectivity index (χ0v) is 29.7. The van der Waals surface area contributed by atoms with Crippen LogP contribution in [-0.4, -0.2) is 20.8 Å². The maximum atomic E-state index is 13.1. The van der Waals surface area contributed by atoms with Gasteiger partial charge in [0, 0.05) is 55.0 Å². The summed E-state index contributed by atoms with van der Waals surface area (Å²) >= 11 is 1.75. The number of aliphatic hydroxyl groups is 1. The van der Waals surface area contributed by atoms with Crippen LogP contribution in [0.5, 0.6) is 0 Å². The van der Waals surface area contributed by atoms with Crippen molar-refractivity contribution in [3.05, 3.63) is 235 Å². The Bertz CT molecular complexity index is 2680. The standard InChI is InChI=1S/C47H35N3OS/c1-30-13-17-33(18-14-30)45-39-22-21-38(49-39)44(32-9-5-3-6-10-32)35-27-37(29-48-28-35)47(51,36-11-7-4-8-12-36)43-26-23-40(50-43)46(42-25-24-41(45)52-42)34-19-15-31(2)16-20-34/h3-29,50-51H,1-2H3/b44-38-,45-41?,46-42?. The largest absolute Gasteiger partial charge is 0.374 e. The van der Waals surface area contributed by atoms with E-state index in [1.54, 1.807) is 17.5 Å². The van der Waals surface area contributed by atoms with E-state index < -0.39 is 5.60 Å². The Morgan fingerprint density at radius 2 is 1.17 bits per heavy atom. The number of rotatable bonds is 4. The van der Waals surface area contributed by atoms with E-state index in [2.05, 4.69) is 116 Å². The highest BCUT2D eigenvalue weighted by Crippen LogP contribution is 2.40. The van der Waals surface area contributed by atoms with E-state index in [1.807, 2.05) is 60.8 Å². The summed E-state index contributed by atoms with van der Waals surface area (Å²) in [6.45, 7) is 4.22. The first-order valence-corrected chi connectivity index (χ1v) is 18.3. The van der Waals surface area contributed by atoms with Gasteiger partial charge in [0.2, 0.25) is 0 Å². The van der Waals surface area contributed by atoms with Crippen LogP contribution in [0.4, 0.5) is 0 Å². The second-order valence-electron chi connectivity index (χ2n) is 13.4. The lowest BCUT2D eigenvalue weighted by Crippen LogP contribution is -2.29. The molecule has 9 rings (SSSR count). The second-order valence-corrected chi connectivity index (χ2v) is 14.5. The maximum Gasteiger partial charge on any atom is 0.156 e. The van der Waals surface area contributed by atoms with Gasteiger partial charge in [0.25, 0.3) is 0 Å². The third kappa shape index (κ3) is 5.52. The molecule has 2 aliphatic heterocycles. The summed E-state index contributed by atoms with van der Waals surface area (Å²) in [6.07, 6.45) is 7.87. The van der Waals surface area contributed by atoms with Crippen LogP contribution in [0, 0.1) is 13.8 Å². The third-order valence-electron chi connectivity index (χ3n) is 9.98. The van der Waals surface area contributed by atoms with Gasteiger partial charge in [-0.3, -0.25) is 4.98 Å². The summed E-state index contributed by atoms with van der Waals surface area (Å²) in [4.78, 5) is 13.9. The van der Waals surface area contributed by atoms with Gasteiger partial charge in [0.05, 0.1) is 17.1 Å². The number of aryl methyl sites for hydroxylation is 2. The first kappa shape index (κ1) is 31.8. The second kappa shape index (κ2) is 12.9. The molecule has 0 radical (unpaired) electrons. The highest BCUT2D eigenvalue weighted by atomic mass is 32.1. The fraction of sp³-hybridized carbons (Fsp3) is 0.0638. The number of hydrogen-bond acceptors (Lipinski definition) is 4. The number of H-pyrrole nitrogens is 1. The average molecular weight is 690 g/mol. The number of fused-ring (bicyclic) bond motifs is 7. The van der Waals surface area contributed by atoms with Crippen molar-refractivity contribution in [3.63, 3.8) is 0 Å². The Hall–Kier alpha value is -6.14. The number of aromatic amines is 1. The van der Waals surface area contributed by atoms with Crippen LogP contribution in [0.1, 0.15) is 55.9 Å². The van der Waals surface area contributed by atoms with E-state index >= 15 is 0 Å². The molecule has 0 fully saturated rings. The molecular formula is C47H35N3OS. The van der Waals surface area contributed by atoms with Gasteiger partial charge in [-0.25, -0.2) is 4.99 Å². The molecule has 250 valence electrons. The molecule has 1 unspecified atom stereocenters. The van der Waals surface area contributed by atoms with Gasteiger partial charge in [-0.05, 0) is 78.6 Å². The van der Waals surface area contributed by atoms with Crippen LogP contribution in [0.25, 0.3) is 16.7 Å². The molecule has 7 aromatic rings. The van der Waals surface area contributed by atoms with Gasteiger partial charge in [-0.1, -0.05) is 120 Å². The molecule has 0 amide bonds. The number of pyridine rings is 1. The van der Waals surface area contributed by atoms with Crippen molar-refractivity contribution >= 4 is 33.8 Å². The lowest BCUT2D eigenvalue weighted by molar-refractivity contribution is 0.121. The van der Waals surface area contributed by atoms with Gasteiger partial charge < -0.3 is 10.1 Å². The highest BCUT2D eigenvalue weighted by molar-refractivity contribution is 7.08. The minimum absolute atomic E-state index is 0.652. The van der Waals surface area contributed by atoms with E-state index in [0.29, 0.717) is 11.3 Å². The smallest absolute Gasteiger partial charge is 0.156 e. The van der Waals surface area contributed by atoms with Gasteiger partial charge >= 0.3 is 0 Å². The van der Waals surface area contributed by atoms with Crippen molar-refractivity contribution in [2.24, 2.45) is 4.99 Å². The summed E-state index contributed by atoms with van der Waals surface area (Å²) in [5.41, 5.74) is 12.8. The molecule has 2 N–H and O–H groups in total. The molecule has 0 spiro atoms. The lowest BCUT2D eigenvalue weighted by Gasteiger charge is -2.29. The first-order valence-electron chi connectivity index (χ1n) is 17.4. The van der Waals surface area contributed by atoms with Gasteiger partial charge in [0.1, 0.15) is 0 Å². The van der Waals surface area contributed by atoms with E-state index in [1.165, 1.54) is 11.1 Å². The fourth-order valence-electron chi connectivity index (χ4n) is 7.29. The summed E-state index contributed by atoms with van der Waals surface area (Å²) in [5, 5.41) is 13.1. The fourth-order valence-corrected chi connectivity index (χ4v) is 8.45. The Morgan fingerprint density at radius 3 is 1.87 bits per heavy atom. The number of hydrogen-bond donors (Lipinski definition) is 2. The molecule has 4 aromatic carbocycles. The highest BCUT2D eigenvalue weighted by Gasteiger charge is 2.36. The minimum Gasteiger partial charge on any atom is -0.374 e. The molecule has 0 saturated carbocycles. The molecule has 5 heteroatoms. The number of allylic oxidation sites excluding steroid dienone is 2. The summed E-state index contributed by atoms with van der Waals surface area (Å²) < 4.78 is 2.23. The quantitative estimate of drug-likeness (QED) is 0.195. The molecule has 0 saturated heterocycles. The van der Waals surface area contributed by atoms with Crippen LogP contribution in [0.15, 0.2) is 175 Å². The van der Waals surface area contributed by atoms with Gasteiger partial charge in [-0.2, -0.15) is 0 Å². The van der Waals surface area contributed by atoms with Gasteiger partial charge in [-0.15, -0.1) is 11.3 Å². The topological polar surface area (TPSA) is 61.3 Å². The Labute approximate surface area is 306 Å². The van der Waals surface area contributed by atoms with Gasteiger partial charge in [0.15, 0.2) is 5.60 Å². The van der Waals surface area contributed by atoms with Crippen molar-refractivity contribution in [1.82, 2.24) is 9.97 Å². The molecule has 2 aliphatic rings. The molecule has 52 heavy (non-hydrogen) atoms. The van der Waals surface area contributed by atoms with E-state index in [0.717, 1.165) is 70.7 Å². The minimum atomic E-state index is -1.53. The van der Waals surface area contributed by atoms with Crippen LogP contribution >= 0.6 is 11.3 Å². The van der Waals surface area contributed by atoms with E-state index in [9.17, 15) is 5.11 Å². The third-order valence-corrected chi connectivity index (χ3v) is 11.1. The van der Waals surface area contributed by atoms with Crippen molar-refractivity contribution in [2.75, 3.05) is 0 Å². The molecule has 5 heterocycles. The first-order chi connectivity index (χ1) is 25.5. The Morgan fingerprint density at radius 1 is 0.558 bits per heavy atom. The number of aromatic nitrogens is 2. The molecule has 0 aliphatic carbocycles. The number of nitrogens with zero attached hydrogens (tertiary/aromatic N) is 2. The van der Waals surface area contributed by atoms with Crippen molar-refractivity contribution in [1.29, 1.82) is 0 Å². The maximum absolute atomic E-state index is 13.1. The number of nitrogens with one attached hydrogen (secondary N) is 1. The zero-order valence-electron chi connectivity index (χ0n) is 28.8. The van der Waals surface area contributed by atoms with E-state index in [-0.39, 0.29) is 0 Å².